The van der Waals surface area contributed by atoms with Crippen LogP contribution < -0.4 is 10.1 Å². The van der Waals surface area contributed by atoms with Crippen molar-refractivity contribution in [1.82, 2.24) is 10.1 Å². The van der Waals surface area contributed by atoms with E-state index in [1.165, 1.54) is 0 Å². The molecule has 0 saturated carbocycles. The molecule has 0 fully saturated rings. The maximum atomic E-state index is 12.6. The third-order valence-corrected chi connectivity index (χ3v) is 3.90. The summed E-state index contributed by atoms with van der Waals surface area (Å²) in [5.74, 6) is 1.48. The Kier molecular flexibility index (Phi) is 4.79. The summed E-state index contributed by atoms with van der Waals surface area (Å²) in [5, 5.41) is 6.82. The molecule has 3 rings (SSSR count). The molecule has 0 bridgehead atoms. The second-order valence-corrected chi connectivity index (χ2v) is 5.76. The molecule has 2 heterocycles. The number of anilines is 1. The van der Waals surface area contributed by atoms with Gasteiger partial charge in [-0.15, -0.1) is 0 Å². The molecule has 0 aliphatic carbocycles. The average molecular weight is 337 g/mol. The molecule has 25 heavy (non-hydrogen) atoms. The van der Waals surface area contributed by atoms with E-state index in [4.69, 9.17) is 9.26 Å². The third-order valence-electron chi connectivity index (χ3n) is 3.90. The normalized spacial score (nSPS) is 11.8. The van der Waals surface area contributed by atoms with Crippen molar-refractivity contribution in [2.45, 2.75) is 26.7 Å². The maximum absolute atomic E-state index is 12.6. The van der Waals surface area contributed by atoms with Crippen LogP contribution in [-0.4, -0.2) is 16.0 Å². The van der Waals surface area contributed by atoms with Gasteiger partial charge < -0.3 is 14.6 Å². The van der Waals surface area contributed by atoms with Crippen molar-refractivity contribution in [3.8, 4) is 11.5 Å². The van der Waals surface area contributed by atoms with Gasteiger partial charge in [0.1, 0.15) is 17.3 Å². The van der Waals surface area contributed by atoms with Gasteiger partial charge in [0.05, 0.1) is 11.6 Å². The summed E-state index contributed by atoms with van der Waals surface area (Å²) in [7, 11) is 0. The molecule has 0 saturated heterocycles. The molecule has 128 valence electrons. The number of aryl methyl sites for hydroxylation is 2. The SMILES string of the molecule is Cc1noc(C)c1C(C)C(=O)Nc1cccc(Oc2ccncc2)c1. The molecule has 6 nitrogen and oxygen atoms in total. The number of aromatic nitrogens is 2. The van der Waals surface area contributed by atoms with E-state index in [0.29, 0.717) is 22.9 Å². The van der Waals surface area contributed by atoms with E-state index in [0.717, 1.165) is 11.3 Å². The minimum absolute atomic E-state index is 0.129. The summed E-state index contributed by atoms with van der Waals surface area (Å²) >= 11 is 0. The van der Waals surface area contributed by atoms with Crippen molar-refractivity contribution in [2.24, 2.45) is 0 Å². The van der Waals surface area contributed by atoms with E-state index in [1.807, 2.05) is 39.0 Å². The van der Waals surface area contributed by atoms with E-state index < -0.39 is 0 Å². The van der Waals surface area contributed by atoms with Crippen molar-refractivity contribution < 1.29 is 14.1 Å². The molecule has 1 amide bonds. The number of hydrogen-bond donors (Lipinski definition) is 1. The van der Waals surface area contributed by atoms with Crippen LogP contribution >= 0.6 is 0 Å². The van der Waals surface area contributed by atoms with Gasteiger partial charge in [-0.1, -0.05) is 11.2 Å². The lowest BCUT2D eigenvalue weighted by molar-refractivity contribution is -0.117. The predicted octanol–water partition coefficient (Wildman–Crippen LogP) is 4.22. The lowest BCUT2D eigenvalue weighted by Gasteiger charge is -2.13. The Bertz CT molecular complexity index is 855. The zero-order valence-corrected chi connectivity index (χ0v) is 14.3. The fourth-order valence-corrected chi connectivity index (χ4v) is 2.67. The van der Waals surface area contributed by atoms with Crippen LogP contribution in [0, 0.1) is 13.8 Å². The number of hydrogen-bond acceptors (Lipinski definition) is 5. The largest absolute Gasteiger partial charge is 0.457 e. The second-order valence-electron chi connectivity index (χ2n) is 5.76. The number of pyridine rings is 1. The fourth-order valence-electron chi connectivity index (χ4n) is 2.67. The van der Waals surface area contributed by atoms with Crippen LogP contribution in [-0.2, 0) is 4.79 Å². The maximum Gasteiger partial charge on any atom is 0.231 e. The second kappa shape index (κ2) is 7.17. The van der Waals surface area contributed by atoms with Gasteiger partial charge in [-0.05, 0) is 45.0 Å². The van der Waals surface area contributed by atoms with Crippen molar-refractivity contribution in [3.63, 3.8) is 0 Å². The van der Waals surface area contributed by atoms with Gasteiger partial charge in [0.2, 0.25) is 5.91 Å². The summed E-state index contributed by atoms with van der Waals surface area (Å²) in [4.78, 5) is 16.5. The summed E-state index contributed by atoms with van der Waals surface area (Å²) in [6, 6.07) is 10.8. The van der Waals surface area contributed by atoms with E-state index in [9.17, 15) is 4.79 Å². The summed E-state index contributed by atoms with van der Waals surface area (Å²) in [5.41, 5.74) is 2.21. The molecule has 1 unspecified atom stereocenters. The molecule has 0 spiro atoms. The Morgan fingerprint density at radius 3 is 2.60 bits per heavy atom. The minimum atomic E-state index is -0.365. The number of benzene rings is 1. The highest BCUT2D eigenvalue weighted by Gasteiger charge is 2.23. The Morgan fingerprint density at radius 1 is 1.16 bits per heavy atom. The van der Waals surface area contributed by atoms with Crippen LogP contribution in [0.3, 0.4) is 0 Å². The van der Waals surface area contributed by atoms with E-state index >= 15 is 0 Å². The van der Waals surface area contributed by atoms with Crippen molar-refractivity contribution in [1.29, 1.82) is 0 Å². The Labute approximate surface area is 145 Å². The number of nitrogens with one attached hydrogen (secondary N) is 1. The summed E-state index contributed by atoms with van der Waals surface area (Å²) < 4.78 is 10.9. The quantitative estimate of drug-likeness (QED) is 0.754. The van der Waals surface area contributed by atoms with Crippen LogP contribution in [0.15, 0.2) is 53.3 Å². The number of carbonyl (C=O) groups excluding carboxylic acids is 1. The molecule has 2 aromatic heterocycles. The third kappa shape index (κ3) is 3.85. The number of nitrogens with zero attached hydrogens (tertiary/aromatic N) is 2. The first-order valence-corrected chi connectivity index (χ1v) is 7.96. The van der Waals surface area contributed by atoms with Crippen LogP contribution in [0.2, 0.25) is 0 Å². The van der Waals surface area contributed by atoms with Crippen LogP contribution in [0.1, 0.15) is 29.9 Å². The molecule has 0 radical (unpaired) electrons. The first-order chi connectivity index (χ1) is 12.0. The summed E-state index contributed by atoms with van der Waals surface area (Å²) in [6.45, 7) is 5.47. The highest BCUT2D eigenvalue weighted by molar-refractivity contribution is 5.96. The van der Waals surface area contributed by atoms with Gasteiger partial charge in [-0.25, -0.2) is 0 Å². The molecule has 0 aliphatic heterocycles. The number of rotatable bonds is 5. The number of amides is 1. The molecule has 0 aliphatic rings. The van der Waals surface area contributed by atoms with Crippen LogP contribution in [0.4, 0.5) is 5.69 Å². The topological polar surface area (TPSA) is 77.2 Å². The van der Waals surface area contributed by atoms with E-state index in [-0.39, 0.29) is 11.8 Å². The Hall–Kier alpha value is -3.15. The van der Waals surface area contributed by atoms with Gasteiger partial charge in [-0.3, -0.25) is 9.78 Å². The highest BCUT2D eigenvalue weighted by atomic mass is 16.5. The smallest absolute Gasteiger partial charge is 0.231 e. The van der Waals surface area contributed by atoms with Crippen LogP contribution in [0.25, 0.3) is 0 Å². The molecular weight excluding hydrogens is 318 g/mol. The molecule has 3 aromatic rings. The highest BCUT2D eigenvalue weighted by Crippen LogP contribution is 2.27. The first kappa shape index (κ1) is 16.7. The molecule has 1 atom stereocenters. The van der Waals surface area contributed by atoms with Gasteiger partial charge >= 0.3 is 0 Å². The Balaban J connectivity index is 1.72. The van der Waals surface area contributed by atoms with Gasteiger partial charge in [-0.2, -0.15) is 0 Å². The molecule has 1 aromatic carbocycles. The monoisotopic (exact) mass is 337 g/mol. The lowest BCUT2D eigenvalue weighted by atomic mass is 9.98. The van der Waals surface area contributed by atoms with Crippen molar-refractivity contribution >= 4 is 11.6 Å². The van der Waals surface area contributed by atoms with Gasteiger partial charge in [0.15, 0.2) is 0 Å². The van der Waals surface area contributed by atoms with E-state index in [1.54, 1.807) is 30.6 Å². The van der Waals surface area contributed by atoms with Crippen molar-refractivity contribution in [3.05, 3.63) is 65.8 Å². The molecule has 6 heteroatoms. The van der Waals surface area contributed by atoms with Gasteiger partial charge in [0, 0.05) is 29.7 Å². The van der Waals surface area contributed by atoms with Gasteiger partial charge in [0.25, 0.3) is 0 Å². The zero-order valence-electron chi connectivity index (χ0n) is 14.3. The van der Waals surface area contributed by atoms with E-state index in [2.05, 4.69) is 15.5 Å². The summed E-state index contributed by atoms with van der Waals surface area (Å²) in [6.07, 6.45) is 3.32. The zero-order chi connectivity index (χ0) is 17.8. The standard InChI is InChI=1S/C19H19N3O3/c1-12(18-13(2)22-25-14(18)3)19(23)21-15-5-4-6-17(11-15)24-16-7-9-20-10-8-16/h4-12H,1-3H3,(H,21,23). The molecule has 1 N–H and O–H groups in total. The van der Waals surface area contributed by atoms with Crippen molar-refractivity contribution in [2.75, 3.05) is 5.32 Å². The fraction of sp³-hybridized carbons (Fsp3) is 0.211. The molecular formula is C19H19N3O3. The minimum Gasteiger partial charge on any atom is -0.457 e. The number of ether oxygens (including phenoxy) is 1. The first-order valence-electron chi connectivity index (χ1n) is 7.96. The Morgan fingerprint density at radius 2 is 1.92 bits per heavy atom. The average Bonchev–Trinajstić information content (AvgIpc) is 2.94. The number of carbonyl (C=O) groups is 1. The predicted molar refractivity (Wildman–Crippen MR) is 93.8 cm³/mol. The lowest BCUT2D eigenvalue weighted by Crippen LogP contribution is -2.19. The van der Waals surface area contributed by atoms with Crippen LogP contribution in [0.5, 0.6) is 11.5 Å².